The van der Waals surface area contributed by atoms with Crippen molar-refractivity contribution in [3.63, 3.8) is 0 Å². The predicted molar refractivity (Wildman–Crippen MR) is 112 cm³/mol. The Morgan fingerprint density at radius 3 is 2.63 bits per heavy atom. The van der Waals surface area contributed by atoms with Gasteiger partial charge in [-0.25, -0.2) is 0 Å². The summed E-state index contributed by atoms with van der Waals surface area (Å²) in [5.74, 6) is 2.69. The molecule has 2 aliphatic heterocycles. The summed E-state index contributed by atoms with van der Waals surface area (Å²) in [4.78, 5) is 27.5. The number of amides is 2. The van der Waals surface area contributed by atoms with Gasteiger partial charge in [0.1, 0.15) is 5.82 Å². The number of carbonyl (C=O) groups is 2. The first kappa shape index (κ1) is 21.3. The van der Waals surface area contributed by atoms with Gasteiger partial charge >= 0.3 is 0 Å². The van der Waals surface area contributed by atoms with Gasteiger partial charge in [0.05, 0.1) is 18.6 Å². The lowest BCUT2D eigenvalue weighted by atomic mass is 10.0. The number of nitrogens with one attached hydrogen (secondary N) is 1. The van der Waals surface area contributed by atoms with Crippen LogP contribution in [0.3, 0.4) is 0 Å². The highest BCUT2D eigenvalue weighted by molar-refractivity contribution is 5.79. The van der Waals surface area contributed by atoms with Gasteiger partial charge in [0.2, 0.25) is 11.8 Å². The summed E-state index contributed by atoms with van der Waals surface area (Å²) in [6, 6.07) is -0.194. The van der Waals surface area contributed by atoms with Crippen molar-refractivity contribution < 1.29 is 14.3 Å². The smallest absolute Gasteiger partial charge is 0.226 e. The van der Waals surface area contributed by atoms with Crippen LogP contribution < -0.4 is 5.32 Å². The van der Waals surface area contributed by atoms with Crippen molar-refractivity contribution in [3.8, 4) is 0 Å². The zero-order valence-electron chi connectivity index (χ0n) is 18.3. The van der Waals surface area contributed by atoms with Crippen molar-refractivity contribution in [1.82, 2.24) is 25.0 Å². The number of carbonyl (C=O) groups excluding carboxylic acids is 2. The molecule has 8 heteroatoms. The van der Waals surface area contributed by atoms with Crippen molar-refractivity contribution >= 4 is 11.8 Å². The Bertz CT molecular complexity index is 750. The molecule has 8 nitrogen and oxygen atoms in total. The van der Waals surface area contributed by atoms with E-state index in [9.17, 15) is 9.59 Å². The van der Waals surface area contributed by atoms with E-state index < -0.39 is 0 Å². The van der Waals surface area contributed by atoms with Gasteiger partial charge < -0.3 is 19.5 Å². The molecule has 2 fully saturated rings. The SMILES string of the molecule is CC(C)[C@H](NC(=O)[C@@H]1CCOC1)c1nnc2n1CCN(C(=O)CC1CCCC1)CC2. The Morgan fingerprint density at radius 1 is 1.13 bits per heavy atom. The van der Waals surface area contributed by atoms with Crippen LogP contribution in [0.5, 0.6) is 0 Å². The van der Waals surface area contributed by atoms with Crippen LogP contribution in [0, 0.1) is 17.8 Å². The molecule has 4 rings (SSSR count). The Hall–Kier alpha value is -1.96. The van der Waals surface area contributed by atoms with Gasteiger partial charge in [0, 0.05) is 39.1 Å². The molecule has 3 heterocycles. The minimum Gasteiger partial charge on any atom is -0.381 e. The zero-order chi connectivity index (χ0) is 21.1. The summed E-state index contributed by atoms with van der Waals surface area (Å²) in [5, 5.41) is 12.1. The Kier molecular flexibility index (Phi) is 6.71. The maximum Gasteiger partial charge on any atom is 0.226 e. The molecule has 0 radical (unpaired) electrons. The van der Waals surface area contributed by atoms with Crippen LogP contribution in [0.2, 0.25) is 0 Å². The first-order chi connectivity index (χ1) is 14.5. The highest BCUT2D eigenvalue weighted by Gasteiger charge is 2.32. The van der Waals surface area contributed by atoms with E-state index in [1.165, 1.54) is 25.7 Å². The summed E-state index contributed by atoms with van der Waals surface area (Å²) < 4.78 is 7.49. The standard InChI is InChI=1S/C22H35N5O3/c1-15(2)20(23-22(29)17-8-12-30-14-17)21-25-24-18-7-9-26(10-11-27(18)21)19(28)13-16-5-3-4-6-16/h15-17,20H,3-14H2,1-2H3,(H,23,29)/t17-,20+/m1/s1. The molecule has 166 valence electrons. The molecule has 0 aromatic carbocycles. The van der Waals surface area contributed by atoms with Crippen molar-refractivity contribution in [1.29, 1.82) is 0 Å². The fourth-order valence-electron chi connectivity index (χ4n) is 4.96. The van der Waals surface area contributed by atoms with Gasteiger partial charge in [-0.2, -0.15) is 0 Å². The summed E-state index contributed by atoms with van der Waals surface area (Å²) in [6.07, 6.45) is 7.07. The Labute approximate surface area is 178 Å². The Balaban J connectivity index is 1.42. The number of ether oxygens (including phenoxy) is 1. The molecule has 2 amide bonds. The van der Waals surface area contributed by atoms with Gasteiger partial charge in [0.15, 0.2) is 5.82 Å². The maximum absolute atomic E-state index is 12.8. The molecule has 0 unspecified atom stereocenters. The number of hydrogen-bond donors (Lipinski definition) is 1. The molecule has 3 aliphatic rings. The second kappa shape index (κ2) is 9.45. The van der Waals surface area contributed by atoms with Crippen LogP contribution in [0.25, 0.3) is 0 Å². The molecule has 1 N–H and O–H groups in total. The molecule has 0 bridgehead atoms. The van der Waals surface area contributed by atoms with Crippen LogP contribution in [0.4, 0.5) is 0 Å². The highest BCUT2D eigenvalue weighted by Crippen LogP contribution is 2.29. The fraction of sp³-hybridized carbons (Fsp3) is 0.818. The first-order valence-corrected chi connectivity index (χ1v) is 11.6. The fourth-order valence-corrected chi connectivity index (χ4v) is 4.96. The largest absolute Gasteiger partial charge is 0.381 e. The third-order valence-electron chi connectivity index (χ3n) is 6.89. The number of hydrogen-bond acceptors (Lipinski definition) is 5. The van der Waals surface area contributed by atoms with Crippen LogP contribution in [-0.4, -0.2) is 57.8 Å². The van der Waals surface area contributed by atoms with E-state index in [-0.39, 0.29) is 29.7 Å². The average molecular weight is 418 g/mol. The minimum atomic E-state index is -0.194. The van der Waals surface area contributed by atoms with Crippen LogP contribution in [-0.2, 0) is 27.3 Å². The summed E-state index contributed by atoms with van der Waals surface area (Å²) in [5.41, 5.74) is 0. The molecule has 1 saturated heterocycles. The predicted octanol–water partition coefficient (Wildman–Crippen LogP) is 2.09. The molecular formula is C22H35N5O3. The quantitative estimate of drug-likeness (QED) is 0.766. The van der Waals surface area contributed by atoms with Gasteiger partial charge in [-0.3, -0.25) is 9.59 Å². The monoisotopic (exact) mass is 417 g/mol. The minimum absolute atomic E-state index is 0.0329. The van der Waals surface area contributed by atoms with E-state index in [0.717, 1.165) is 18.1 Å². The van der Waals surface area contributed by atoms with Gasteiger partial charge in [-0.1, -0.05) is 26.7 Å². The molecule has 1 aliphatic carbocycles. The summed E-state index contributed by atoms with van der Waals surface area (Å²) in [7, 11) is 0. The zero-order valence-corrected chi connectivity index (χ0v) is 18.3. The Morgan fingerprint density at radius 2 is 1.93 bits per heavy atom. The van der Waals surface area contributed by atoms with E-state index in [1.807, 2.05) is 4.90 Å². The normalized spacial score (nSPS) is 23.4. The van der Waals surface area contributed by atoms with Gasteiger partial charge in [0.25, 0.3) is 0 Å². The average Bonchev–Trinajstić information content (AvgIpc) is 3.47. The van der Waals surface area contributed by atoms with Crippen LogP contribution >= 0.6 is 0 Å². The van der Waals surface area contributed by atoms with E-state index >= 15 is 0 Å². The van der Waals surface area contributed by atoms with Crippen LogP contribution in [0.15, 0.2) is 0 Å². The highest BCUT2D eigenvalue weighted by atomic mass is 16.5. The number of rotatable bonds is 6. The van der Waals surface area contributed by atoms with Crippen LogP contribution in [0.1, 0.15) is 70.1 Å². The molecule has 1 saturated carbocycles. The number of nitrogens with zero attached hydrogens (tertiary/aromatic N) is 4. The second-order valence-electron chi connectivity index (χ2n) is 9.40. The molecule has 30 heavy (non-hydrogen) atoms. The van der Waals surface area contributed by atoms with E-state index in [1.54, 1.807) is 0 Å². The van der Waals surface area contributed by atoms with Crippen molar-refractivity contribution in [2.24, 2.45) is 17.8 Å². The molecular weight excluding hydrogens is 382 g/mol. The molecule has 0 spiro atoms. The molecule has 1 aromatic rings. The topological polar surface area (TPSA) is 89.3 Å². The van der Waals surface area contributed by atoms with Gasteiger partial charge in [-0.15, -0.1) is 10.2 Å². The van der Waals surface area contributed by atoms with E-state index in [4.69, 9.17) is 4.74 Å². The summed E-state index contributed by atoms with van der Waals surface area (Å²) >= 11 is 0. The molecule has 1 aromatic heterocycles. The van der Waals surface area contributed by atoms with Crippen molar-refractivity contribution in [3.05, 3.63) is 11.6 Å². The van der Waals surface area contributed by atoms with Crippen molar-refractivity contribution in [2.45, 2.75) is 71.4 Å². The van der Waals surface area contributed by atoms with Gasteiger partial charge in [-0.05, 0) is 31.1 Å². The van der Waals surface area contributed by atoms with Crippen molar-refractivity contribution in [2.75, 3.05) is 26.3 Å². The second-order valence-corrected chi connectivity index (χ2v) is 9.40. The third kappa shape index (κ3) is 4.68. The third-order valence-corrected chi connectivity index (χ3v) is 6.89. The summed E-state index contributed by atoms with van der Waals surface area (Å²) in [6.45, 7) is 7.38. The maximum atomic E-state index is 12.8. The lowest BCUT2D eigenvalue weighted by Crippen LogP contribution is -2.38. The first-order valence-electron chi connectivity index (χ1n) is 11.6. The number of fused-ring (bicyclic) bond motifs is 1. The number of aromatic nitrogens is 3. The lowest BCUT2D eigenvalue weighted by molar-refractivity contribution is -0.132. The van der Waals surface area contributed by atoms with E-state index in [2.05, 4.69) is 33.9 Å². The van der Waals surface area contributed by atoms with E-state index in [0.29, 0.717) is 51.6 Å². The molecule has 2 atom stereocenters. The lowest BCUT2D eigenvalue weighted by Gasteiger charge is -2.25.